The summed E-state index contributed by atoms with van der Waals surface area (Å²) in [6.45, 7) is 0. The zero-order valence-corrected chi connectivity index (χ0v) is 29.5. The van der Waals surface area contributed by atoms with Crippen LogP contribution in [0.1, 0.15) is 0 Å². The first-order valence-corrected chi connectivity index (χ1v) is 18.8. The van der Waals surface area contributed by atoms with Gasteiger partial charge < -0.3 is 9.32 Å². The molecule has 248 valence electrons. The number of nitrogens with zero attached hydrogens (tertiary/aromatic N) is 1. The quantitative estimate of drug-likeness (QED) is 0.167. The van der Waals surface area contributed by atoms with Gasteiger partial charge in [0.1, 0.15) is 11.2 Å². The lowest BCUT2D eigenvalue weighted by Gasteiger charge is -2.28. The molecule has 0 N–H and O–H groups in total. The summed E-state index contributed by atoms with van der Waals surface area (Å²) in [4.78, 5) is 2.42. The number of rotatable bonds is 5. The molecule has 9 aromatic carbocycles. The van der Waals surface area contributed by atoms with E-state index in [0.29, 0.717) is 0 Å². The fourth-order valence-electron chi connectivity index (χ4n) is 8.22. The minimum absolute atomic E-state index is 0.870. The lowest BCUT2D eigenvalue weighted by atomic mass is 9.92. The van der Waals surface area contributed by atoms with E-state index in [1.54, 1.807) is 0 Å². The Balaban J connectivity index is 1.22. The Hall–Kier alpha value is -6.68. The number of hydrogen-bond acceptors (Lipinski definition) is 3. The third-order valence-corrected chi connectivity index (χ3v) is 11.9. The van der Waals surface area contributed by atoms with Crippen LogP contribution in [0, 0.1) is 0 Å². The maximum atomic E-state index is 6.49. The van der Waals surface area contributed by atoms with Gasteiger partial charge >= 0.3 is 0 Å². The number of furan rings is 1. The van der Waals surface area contributed by atoms with Gasteiger partial charge in [-0.2, -0.15) is 0 Å². The van der Waals surface area contributed by atoms with Crippen LogP contribution in [0.5, 0.6) is 0 Å². The molecule has 0 aliphatic heterocycles. The largest absolute Gasteiger partial charge is 0.456 e. The van der Waals surface area contributed by atoms with Gasteiger partial charge in [0.15, 0.2) is 0 Å². The lowest BCUT2D eigenvalue weighted by Crippen LogP contribution is -2.11. The van der Waals surface area contributed by atoms with Crippen LogP contribution in [0.3, 0.4) is 0 Å². The standard InChI is InChI=1S/C50H31NOS/c1-2-13-32(14-3-1)37-27-25-34(30-45(37)44-22-12-21-43-42-20-9-11-24-49(42)53-50(43)44)51(35-26-28-41-40-19-8-10-23-47(40)52-48(41)31-35)46-29-33-15-4-5-16-36(33)38-17-6-7-18-39(38)46/h1-31H. The molecule has 0 radical (unpaired) electrons. The van der Waals surface area contributed by atoms with Crippen molar-refractivity contribution in [2.45, 2.75) is 0 Å². The van der Waals surface area contributed by atoms with Crippen molar-refractivity contribution < 1.29 is 4.42 Å². The van der Waals surface area contributed by atoms with Crippen molar-refractivity contribution in [3.05, 3.63) is 188 Å². The first-order valence-electron chi connectivity index (χ1n) is 18.0. The monoisotopic (exact) mass is 693 g/mol. The summed E-state index contributed by atoms with van der Waals surface area (Å²) in [5, 5.41) is 9.70. The molecule has 2 heterocycles. The zero-order valence-electron chi connectivity index (χ0n) is 28.7. The average Bonchev–Trinajstić information content (AvgIpc) is 3.79. The summed E-state index contributed by atoms with van der Waals surface area (Å²) in [7, 11) is 0. The van der Waals surface area contributed by atoms with E-state index in [4.69, 9.17) is 4.42 Å². The summed E-state index contributed by atoms with van der Waals surface area (Å²) in [6.07, 6.45) is 0. The predicted octanol–water partition coefficient (Wildman–Crippen LogP) is 15.1. The fraction of sp³-hybridized carbons (Fsp3) is 0. The summed E-state index contributed by atoms with van der Waals surface area (Å²) in [5.41, 5.74) is 9.83. The number of hydrogen-bond donors (Lipinski definition) is 0. The van der Waals surface area contributed by atoms with E-state index in [1.807, 2.05) is 23.5 Å². The Bertz CT molecular complexity index is 3190. The predicted molar refractivity (Wildman–Crippen MR) is 227 cm³/mol. The van der Waals surface area contributed by atoms with E-state index in [0.717, 1.165) is 39.0 Å². The average molecular weight is 694 g/mol. The molecule has 11 rings (SSSR count). The molecule has 0 fully saturated rings. The number of benzene rings is 9. The van der Waals surface area contributed by atoms with Crippen molar-refractivity contribution in [2.75, 3.05) is 4.90 Å². The van der Waals surface area contributed by atoms with Crippen LogP contribution in [-0.2, 0) is 0 Å². The van der Waals surface area contributed by atoms with Crippen molar-refractivity contribution in [2.24, 2.45) is 0 Å². The van der Waals surface area contributed by atoms with Crippen molar-refractivity contribution >= 4 is 92.1 Å². The van der Waals surface area contributed by atoms with Crippen LogP contribution in [-0.4, -0.2) is 0 Å². The second-order valence-electron chi connectivity index (χ2n) is 13.7. The Kier molecular flexibility index (Phi) is 6.76. The Morgan fingerprint density at radius 2 is 1.04 bits per heavy atom. The van der Waals surface area contributed by atoms with E-state index in [2.05, 4.69) is 181 Å². The van der Waals surface area contributed by atoms with E-state index in [-0.39, 0.29) is 0 Å². The van der Waals surface area contributed by atoms with Crippen LogP contribution in [0.15, 0.2) is 192 Å². The Labute approximate surface area is 310 Å². The summed E-state index contributed by atoms with van der Waals surface area (Å²) in [5.74, 6) is 0. The van der Waals surface area contributed by atoms with Gasteiger partial charge in [-0.3, -0.25) is 0 Å². The van der Waals surface area contributed by atoms with Crippen molar-refractivity contribution in [1.29, 1.82) is 0 Å². The molecule has 0 atom stereocenters. The van der Waals surface area contributed by atoms with Gasteiger partial charge in [-0.15, -0.1) is 11.3 Å². The van der Waals surface area contributed by atoms with Crippen LogP contribution in [0.2, 0.25) is 0 Å². The van der Waals surface area contributed by atoms with Crippen LogP contribution in [0.25, 0.3) is 85.9 Å². The minimum atomic E-state index is 0.870. The van der Waals surface area contributed by atoms with E-state index in [1.165, 1.54) is 64.0 Å². The van der Waals surface area contributed by atoms with Gasteiger partial charge in [0.25, 0.3) is 0 Å². The van der Waals surface area contributed by atoms with Crippen molar-refractivity contribution in [3.8, 4) is 22.3 Å². The molecule has 2 nitrogen and oxygen atoms in total. The Morgan fingerprint density at radius 1 is 0.377 bits per heavy atom. The topological polar surface area (TPSA) is 16.4 Å². The second-order valence-corrected chi connectivity index (χ2v) is 14.7. The highest BCUT2D eigenvalue weighted by Crippen LogP contribution is 2.48. The molecule has 0 spiro atoms. The Morgan fingerprint density at radius 3 is 1.92 bits per heavy atom. The van der Waals surface area contributed by atoms with Gasteiger partial charge in [-0.1, -0.05) is 140 Å². The van der Waals surface area contributed by atoms with Gasteiger partial charge in [-0.05, 0) is 75.3 Å². The number of fused-ring (bicyclic) bond motifs is 9. The smallest absolute Gasteiger partial charge is 0.137 e. The highest BCUT2D eigenvalue weighted by molar-refractivity contribution is 7.26. The summed E-state index contributed by atoms with van der Waals surface area (Å²) < 4.78 is 9.10. The fourth-order valence-corrected chi connectivity index (χ4v) is 9.45. The molecular weight excluding hydrogens is 663 g/mol. The SMILES string of the molecule is c1ccc(-c2ccc(N(c3ccc4c(c3)oc3ccccc34)c3cc4ccccc4c4ccccc34)cc2-c2cccc3c2sc2ccccc23)cc1. The van der Waals surface area contributed by atoms with Gasteiger partial charge in [0.05, 0.1) is 5.69 Å². The van der Waals surface area contributed by atoms with Gasteiger partial charge in [-0.25, -0.2) is 0 Å². The molecule has 3 heteroatoms. The van der Waals surface area contributed by atoms with Crippen molar-refractivity contribution in [3.63, 3.8) is 0 Å². The first-order chi connectivity index (χ1) is 26.3. The molecule has 11 aromatic rings. The molecule has 2 aromatic heterocycles. The maximum absolute atomic E-state index is 6.49. The molecule has 0 saturated heterocycles. The summed E-state index contributed by atoms with van der Waals surface area (Å²) in [6, 6.07) is 68.1. The van der Waals surface area contributed by atoms with Crippen LogP contribution in [0.4, 0.5) is 17.1 Å². The highest BCUT2D eigenvalue weighted by atomic mass is 32.1. The molecule has 0 bridgehead atoms. The highest BCUT2D eigenvalue weighted by Gasteiger charge is 2.22. The molecular formula is C50H31NOS. The lowest BCUT2D eigenvalue weighted by molar-refractivity contribution is 0.669. The third-order valence-electron chi connectivity index (χ3n) is 10.6. The molecule has 0 saturated carbocycles. The van der Waals surface area contributed by atoms with Gasteiger partial charge in [0, 0.05) is 59.3 Å². The summed E-state index contributed by atoms with van der Waals surface area (Å²) >= 11 is 1.87. The van der Waals surface area contributed by atoms with Gasteiger partial charge in [0.2, 0.25) is 0 Å². The maximum Gasteiger partial charge on any atom is 0.137 e. The number of thiophene rings is 1. The molecule has 0 aliphatic rings. The number of para-hydroxylation sites is 1. The first kappa shape index (κ1) is 30.0. The molecule has 53 heavy (non-hydrogen) atoms. The number of anilines is 3. The van der Waals surface area contributed by atoms with E-state index < -0.39 is 0 Å². The molecule has 0 unspecified atom stereocenters. The zero-order chi connectivity index (χ0) is 34.9. The molecule has 0 amide bonds. The minimum Gasteiger partial charge on any atom is -0.456 e. The molecule has 0 aliphatic carbocycles. The second kappa shape index (κ2) is 11.9. The van der Waals surface area contributed by atoms with E-state index in [9.17, 15) is 0 Å². The van der Waals surface area contributed by atoms with E-state index >= 15 is 0 Å². The third kappa shape index (κ3) is 4.78. The van der Waals surface area contributed by atoms with Crippen LogP contribution >= 0.6 is 11.3 Å². The van der Waals surface area contributed by atoms with Crippen LogP contribution < -0.4 is 4.90 Å². The normalized spacial score (nSPS) is 11.8. The van der Waals surface area contributed by atoms with Crippen molar-refractivity contribution in [1.82, 2.24) is 0 Å².